The summed E-state index contributed by atoms with van der Waals surface area (Å²) in [5, 5.41) is 4.13. The topological polar surface area (TPSA) is 51.2 Å². The number of nitrogens with zero attached hydrogens (tertiary/aromatic N) is 1. The van der Waals surface area contributed by atoms with Crippen LogP contribution in [0.25, 0.3) is 0 Å². The van der Waals surface area contributed by atoms with E-state index in [1.807, 2.05) is 18.2 Å². The minimum atomic E-state index is -0.242. The first-order chi connectivity index (χ1) is 12.1. The first-order valence-electron chi connectivity index (χ1n) is 8.43. The highest BCUT2D eigenvalue weighted by atomic mass is 79.9. The molecular formula is C19H18BrClN2O2. The summed E-state index contributed by atoms with van der Waals surface area (Å²) in [6, 6.07) is 9.15. The van der Waals surface area contributed by atoms with Crippen LogP contribution in [0.3, 0.4) is 0 Å². The number of carbonyl (C=O) groups is 1. The molecule has 2 aliphatic rings. The van der Waals surface area contributed by atoms with E-state index in [1.165, 1.54) is 0 Å². The summed E-state index contributed by atoms with van der Waals surface area (Å²) in [6.07, 6.45) is 5.22. The predicted molar refractivity (Wildman–Crippen MR) is 101 cm³/mol. The number of anilines is 1. The Hall–Kier alpha value is -1.59. The standard InChI is InChI=1S/C19H18BrClN2O2/c20-14-10-22-17-15(16(14)21)19(11-23-17)8-6-13(7-9-19)25-18(24)12-4-2-1-3-5-12/h1-5,10,13H,6-9,11H2,(H,22,23). The summed E-state index contributed by atoms with van der Waals surface area (Å²) in [4.78, 5) is 16.7. The van der Waals surface area contributed by atoms with E-state index in [-0.39, 0.29) is 17.5 Å². The van der Waals surface area contributed by atoms with E-state index >= 15 is 0 Å². The van der Waals surface area contributed by atoms with Gasteiger partial charge < -0.3 is 10.1 Å². The Balaban J connectivity index is 1.47. The third-order valence-electron chi connectivity index (χ3n) is 5.27. The van der Waals surface area contributed by atoms with E-state index in [0.29, 0.717) is 5.56 Å². The largest absolute Gasteiger partial charge is 0.459 e. The summed E-state index contributed by atoms with van der Waals surface area (Å²) >= 11 is 10.0. The molecule has 1 saturated carbocycles. The van der Waals surface area contributed by atoms with E-state index in [0.717, 1.165) is 53.1 Å². The summed E-state index contributed by atoms with van der Waals surface area (Å²) in [7, 11) is 0. The number of carbonyl (C=O) groups excluding carboxylic acids is 1. The third-order valence-corrected chi connectivity index (χ3v) is 6.49. The van der Waals surface area contributed by atoms with E-state index < -0.39 is 0 Å². The number of pyridine rings is 1. The summed E-state index contributed by atoms with van der Waals surface area (Å²) in [6.45, 7) is 0.838. The second kappa shape index (κ2) is 6.61. The zero-order valence-electron chi connectivity index (χ0n) is 13.6. The second-order valence-electron chi connectivity index (χ2n) is 6.75. The number of rotatable bonds is 2. The van der Waals surface area contributed by atoms with Crippen LogP contribution in [-0.4, -0.2) is 23.6 Å². The molecule has 0 radical (unpaired) electrons. The van der Waals surface area contributed by atoms with Crippen LogP contribution in [-0.2, 0) is 10.2 Å². The highest BCUT2D eigenvalue weighted by Crippen LogP contribution is 2.50. The van der Waals surface area contributed by atoms with Gasteiger partial charge in [0, 0.05) is 23.7 Å². The van der Waals surface area contributed by atoms with Crippen molar-refractivity contribution >= 4 is 39.3 Å². The molecule has 130 valence electrons. The molecule has 2 heterocycles. The lowest BCUT2D eigenvalue weighted by Gasteiger charge is -2.37. The number of halogens is 2. The van der Waals surface area contributed by atoms with Gasteiger partial charge in [-0.1, -0.05) is 29.8 Å². The maximum absolute atomic E-state index is 12.3. The molecule has 4 nitrogen and oxygen atoms in total. The van der Waals surface area contributed by atoms with Gasteiger partial charge in [0.2, 0.25) is 0 Å². The van der Waals surface area contributed by atoms with E-state index in [1.54, 1.807) is 18.3 Å². The van der Waals surface area contributed by atoms with Crippen LogP contribution < -0.4 is 5.32 Å². The molecule has 0 amide bonds. The van der Waals surface area contributed by atoms with Crippen molar-refractivity contribution in [3.63, 3.8) is 0 Å². The minimum Gasteiger partial charge on any atom is -0.459 e. The Morgan fingerprint density at radius 2 is 2.00 bits per heavy atom. The van der Waals surface area contributed by atoms with Crippen molar-refractivity contribution in [2.75, 3.05) is 11.9 Å². The molecule has 1 N–H and O–H groups in total. The molecule has 1 aromatic carbocycles. The number of nitrogens with one attached hydrogen (secondary N) is 1. The molecule has 1 aromatic heterocycles. The smallest absolute Gasteiger partial charge is 0.338 e. The Labute approximate surface area is 160 Å². The van der Waals surface area contributed by atoms with Crippen molar-refractivity contribution < 1.29 is 9.53 Å². The van der Waals surface area contributed by atoms with Gasteiger partial charge in [-0.15, -0.1) is 0 Å². The lowest BCUT2D eigenvalue weighted by Crippen LogP contribution is -2.37. The van der Waals surface area contributed by atoms with Crippen molar-refractivity contribution in [1.29, 1.82) is 0 Å². The Bertz CT molecular complexity index is 805. The van der Waals surface area contributed by atoms with E-state index in [4.69, 9.17) is 16.3 Å². The fourth-order valence-electron chi connectivity index (χ4n) is 3.91. The van der Waals surface area contributed by atoms with Crippen molar-refractivity contribution in [2.45, 2.75) is 37.2 Å². The number of esters is 1. The summed E-state index contributed by atoms with van der Waals surface area (Å²) < 4.78 is 6.53. The number of hydrogen-bond donors (Lipinski definition) is 1. The van der Waals surface area contributed by atoms with E-state index in [2.05, 4.69) is 26.2 Å². The molecule has 1 fully saturated rings. The molecule has 0 unspecified atom stereocenters. The minimum absolute atomic E-state index is 0.0150. The first kappa shape index (κ1) is 16.9. The van der Waals surface area contributed by atoms with Gasteiger partial charge in [-0.25, -0.2) is 9.78 Å². The fourth-order valence-corrected chi connectivity index (χ4v) is 4.55. The van der Waals surface area contributed by atoms with Gasteiger partial charge in [-0.2, -0.15) is 0 Å². The monoisotopic (exact) mass is 420 g/mol. The van der Waals surface area contributed by atoms with Gasteiger partial charge in [0.15, 0.2) is 0 Å². The van der Waals surface area contributed by atoms with Crippen LogP contribution in [0, 0.1) is 0 Å². The average molecular weight is 422 g/mol. The normalized spacial score (nSPS) is 24.6. The SMILES string of the molecule is O=C(OC1CCC2(CC1)CNc1ncc(Br)c(Cl)c12)c1ccccc1. The molecule has 2 aromatic rings. The fraction of sp³-hybridized carbons (Fsp3) is 0.368. The quantitative estimate of drug-likeness (QED) is 0.696. The van der Waals surface area contributed by atoms with Gasteiger partial charge in [-0.3, -0.25) is 0 Å². The van der Waals surface area contributed by atoms with Gasteiger partial charge in [0.05, 0.1) is 15.1 Å². The molecule has 1 aliphatic heterocycles. The molecule has 1 aliphatic carbocycles. The van der Waals surface area contributed by atoms with Crippen LogP contribution in [0.5, 0.6) is 0 Å². The van der Waals surface area contributed by atoms with Crippen molar-refractivity contribution in [1.82, 2.24) is 4.98 Å². The highest BCUT2D eigenvalue weighted by molar-refractivity contribution is 9.10. The van der Waals surface area contributed by atoms with Crippen LogP contribution in [0.2, 0.25) is 5.02 Å². The van der Waals surface area contributed by atoms with Gasteiger partial charge in [0.1, 0.15) is 11.9 Å². The molecule has 25 heavy (non-hydrogen) atoms. The zero-order chi connectivity index (χ0) is 17.4. The molecule has 0 saturated heterocycles. The maximum atomic E-state index is 12.3. The van der Waals surface area contributed by atoms with Gasteiger partial charge in [-0.05, 0) is 53.7 Å². The van der Waals surface area contributed by atoms with Crippen LogP contribution >= 0.6 is 27.5 Å². The molecule has 4 rings (SSSR count). The van der Waals surface area contributed by atoms with Crippen LogP contribution in [0.15, 0.2) is 41.0 Å². The Kier molecular flexibility index (Phi) is 4.46. The highest BCUT2D eigenvalue weighted by Gasteiger charge is 2.45. The Morgan fingerprint density at radius 3 is 2.72 bits per heavy atom. The molecule has 0 atom stereocenters. The third kappa shape index (κ3) is 3.04. The predicted octanol–water partition coefficient (Wildman–Crippen LogP) is 4.96. The number of hydrogen-bond acceptors (Lipinski definition) is 4. The Morgan fingerprint density at radius 1 is 1.28 bits per heavy atom. The molecule has 6 heteroatoms. The van der Waals surface area contributed by atoms with Crippen molar-refractivity contribution in [3.8, 4) is 0 Å². The maximum Gasteiger partial charge on any atom is 0.338 e. The lowest BCUT2D eigenvalue weighted by atomic mass is 9.70. The molecule has 0 bridgehead atoms. The summed E-state index contributed by atoms with van der Waals surface area (Å²) in [5.74, 6) is 0.641. The number of benzene rings is 1. The van der Waals surface area contributed by atoms with Crippen molar-refractivity contribution in [3.05, 3.63) is 57.2 Å². The number of ether oxygens (including phenoxy) is 1. The number of aromatic nitrogens is 1. The van der Waals surface area contributed by atoms with Crippen LogP contribution in [0.1, 0.15) is 41.6 Å². The molecular weight excluding hydrogens is 404 g/mol. The number of fused-ring (bicyclic) bond motifs is 2. The van der Waals surface area contributed by atoms with E-state index in [9.17, 15) is 4.79 Å². The zero-order valence-corrected chi connectivity index (χ0v) is 15.9. The lowest BCUT2D eigenvalue weighted by molar-refractivity contribution is 0.0148. The first-order valence-corrected chi connectivity index (χ1v) is 9.60. The average Bonchev–Trinajstić information content (AvgIpc) is 3.00. The summed E-state index contributed by atoms with van der Waals surface area (Å²) in [5.41, 5.74) is 1.70. The van der Waals surface area contributed by atoms with Gasteiger partial charge >= 0.3 is 5.97 Å². The second-order valence-corrected chi connectivity index (χ2v) is 7.98. The van der Waals surface area contributed by atoms with Crippen LogP contribution in [0.4, 0.5) is 5.82 Å². The van der Waals surface area contributed by atoms with Crippen molar-refractivity contribution in [2.24, 2.45) is 0 Å². The van der Waals surface area contributed by atoms with Gasteiger partial charge in [0.25, 0.3) is 0 Å². The molecule has 1 spiro atoms.